The minimum atomic E-state index is 0.0411. The smallest absolute Gasteiger partial charge is 0.202 e. The number of aryl methyl sites for hydroxylation is 1. The molecule has 1 aromatic carbocycles. The second-order valence-electron chi connectivity index (χ2n) is 4.52. The van der Waals surface area contributed by atoms with Crippen LogP contribution in [0.4, 0.5) is 0 Å². The van der Waals surface area contributed by atoms with Crippen molar-refractivity contribution in [2.24, 2.45) is 5.73 Å². The van der Waals surface area contributed by atoms with Crippen LogP contribution in [-0.2, 0) is 19.5 Å². The molecule has 0 amide bonds. The number of hydrogen-bond donors (Lipinski definition) is 1. The zero-order valence-corrected chi connectivity index (χ0v) is 11.2. The molecule has 19 heavy (non-hydrogen) atoms. The van der Waals surface area contributed by atoms with Gasteiger partial charge in [-0.2, -0.15) is 0 Å². The average Bonchev–Trinajstić information content (AvgIpc) is 2.88. The molecule has 4 nitrogen and oxygen atoms in total. The van der Waals surface area contributed by atoms with Crippen LogP contribution >= 0.6 is 0 Å². The minimum Gasteiger partial charge on any atom is -0.329 e. The summed E-state index contributed by atoms with van der Waals surface area (Å²) in [5, 5.41) is 0. The van der Waals surface area contributed by atoms with Gasteiger partial charge in [0.1, 0.15) is 0 Å². The average molecular weight is 257 g/mol. The van der Waals surface area contributed by atoms with Gasteiger partial charge in [0.15, 0.2) is 5.82 Å². The summed E-state index contributed by atoms with van der Waals surface area (Å²) in [4.78, 5) is 16.5. The molecular weight excluding hydrogens is 238 g/mol. The first-order valence-electron chi connectivity index (χ1n) is 6.57. The van der Waals surface area contributed by atoms with E-state index in [0.29, 0.717) is 18.8 Å². The number of benzene rings is 1. The van der Waals surface area contributed by atoms with E-state index in [2.05, 4.69) is 11.9 Å². The standard InChI is InChI=1S/C15H19N3O/c1-2-8-18-9-7-17-15(18)14(19)10-12-5-3-4-6-13(12)11-16/h3-7,9H,2,8,10-11,16H2,1H3. The van der Waals surface area contributed by atoms with Crippen molar-refractivity contribution in [2.45, 2.75) is 32.9 Å². The Morgan fingerprint density at radius 3 is 2.74 bits per heavy atom. The van der Waals surface area contributed by atoms with Gasteiger partial charge in [0, 0.05) is 31.9 Å². The molecule has 2 N–H and O–H groups in total. The Labute approximate surface area is 113 Å². The van der Waals surface area contributed by atoms with E-state index in [0.717, 1.165) is 24.1 Å². The van der Waals surface area contributed by atoms with Crippen molar-refractivity contribution in [3.8, 4) is 0 Å². The molecule has 0 atom stereocenters. The quantitative estimate of drug-likeness (QED) is 0.807. The highest BCUT2D eigenvalue weighted by Crippen LogP contribution is 2.12. The maximum absolute atomic E-state index is 12.3. The van der Waals surface area contributed by atoms with E-state index >= 15 is 0 Å². The fraction of sp³-hybridized carbons (Fsp3) is 0.333. The lowest BCUT2D eigenvalue weighted by Gasteiger charge is -2.08. The molecule has 4 heteroatoms. The van der Waals surface area contributed by atoms with Crippen molar-refractivity contribution >= 4 is 5.78 Å². The molecule has 1 aromatic heterocycles. The van der Waals surface area contributed by atoms with E-state index in [9.17, 15) is 4.79 Å². The largest absolute Gasteiger partial charge is 0.329 e. The molecule has 0 saturated carbocycles. The molecule has 2 aromatic rings. The summed E-state index contributed by atoms with van der Waals surface area (Å²) in [5.74, 6) is 0.577. The summed E-state index contributed by atoms with van der Waals surface area (Å²) in [6.45, 7) is 3.35. The second kappa shape index (κ2) is 6.29. The van der Waals surface area contributed by atoms with E-state index in [1.54, 1.807) is 6.20 Å². The Balaban J connectivity index is 2.18. The topological polar surface area (TPSA) is 60.9 Å². The van der Waals surface area contributed by atoms with E-state index < -0.39 is 0 Å². The molecule has 0 aliphatic rings. The van der Waals surface area contributed by atoms with Crippen LogP contribution in [0.5, 0.6) is 0 Å². The fourth-order valence-corrected chi connectivity index (χ4v) is 2.16. The first-order chi connectivity index (χ1) is 9.26. The van der Waals surface area contributed by atoms with Crippen LogP contribution in [0.1, 0.15) is 35.1 Å². The lowest BCUT2D eigenvalue weighted by Crippen LogP contribution is -2.14. The predicted octanol–water partition coefficient (Wildman–Crippen LogP) is 2.18. The van der Waals surface area contributed by atoms with Crippen molar-refractivity contribution in [2.75, 3.05) is 0 Å². The van der Waals surface area contributed by atoms with Crippen molar-refractivity contribution in [1.82, 2.24) is 9.55 Å². The molecule has 1 heterocycles. The van der Waals surface area contributed by atoms with E-state index in [4.69, 9.17) is 5.73 Å². The number of ketones is 1. The molecule has 0 aliphatic heterocycles. The summed E-state index contributed by atoms with van der Waals surface area (Å²) >= 11 is 0. The highest BCUT2D eigenvalue weighted by molar-refractivity contribution is 5.94. The van der Waals surface area contributed by atoms with Gasteiger partial charge in [-0.15, -0.1) is 0 Å². The van der Waals surface area contributed by atoms with Gasteiger partial charge in [0.05, 0.1) is 0 Å². The number of nitrogens with two attached hydrogens (primary N) is 1. The van der Waals surface area contributed by atoms with Crippen LogP contribution in [0, 0.1) is 0 Å². The van der Waals surface area contributed by atoms with Crippen molar-refractivity contribution in [3.05, 3.63) is 53.6 Å². The maximum atomic E-state index is 12.3. The first-order valence-corrected chi connectivity index (χ1v) is 6.57. The molecule has 0 aliphatic carbocycles. The van der Waals surface area contributed by atoms with Gasteiger partial charge in [0.2, 0.25) is 5.78 Å². The Morgan fingerprint density at radius 2 is 2.05 bits per heavy atom. The number of rotatable bonds is 6. The molecule has 2 rings (SSSR count). The molecule has 0 saturated heterocycles. The zero-order valence-electron chi connectivity index (χ0n) is 11.2. The van der Waals surface area contributed by atoms with Crippen molar-refractivity contribution < 1.29 is 4.79 Å². The Kier molecular flexibility index (Phi) is 4.47. The number of nitrogens with zero attached hydrogens (tertiary/aromatic N) is 2. The molecule has 0 spiro atoms. The Hall–Kier alpha value is -1.94. The Morgan fingerprint density at radius 1 is 1.32 bits per heavy atom. The van der Waals surface area contributed by atoms with Crippen LogP contribution in [-0.4, -0.2) is 15.3 Å². The Bertz CT molecular complexity index is 560. The molecule has 100 valence electrons. The number of aromatic nitrogens is 2. The molecule has 0 bridgehead atoms. The van der Waals surface area contributed by atoms with Gasteiger partial charge in [-0.25, -0.2) is 4.98 Å². The number of carbonyl (C=O) groups is 1. The van der Waals surface area contributed by atoms with E-state index in [-0.39, 0.29) is 5.78 Å². The van der Waals surface area contributed by atoms with E-state index in [1.165, 1.54) is 0 Å². The normalized spacial score (nSPS) is 10.6. The number of Topliss-reactive ketones (excluding diaryl/α,β-unsaturated/α-hetero) is 1. The van der Waals surface area contributed by atoms with Crippen molar-refractivity contribution in [3.63, 3.8) is 0 Å². The van der Waals surface area contributed by atoms with Gasteiger partial charge in [-0.05, 0) is 17.5 Å². The summed E-state index contributed by atoms with van der Waals surface area (Å²) < 4.78 is 1.91. The maximum Gasteiger partial charge on any atom is 0.202 e. The summed E-state index contributed by atoms with van der Waals surface area (Å²) in [5.41, 5.74) is 7.70. The van der Waals surface area contributed by atoms with Gasteiger partial charge >= 0.3 is 0 Å². The highest BCUT2D eigenvalue weighted by Gasteiger charge is 2.14. The third kappa shape index (κ3) is 3.09. The zero-order chi connectivity index (χ0) is 13.7. The fourth-order valence-electron chi connectivity index (χ4n) is 2.16. The molecule has 0 radical (unpaired) electrons. The van der Waals surface area contributed by atoms with Crippen LogP contribution in [0.3, 0.4) is 0 Å². The number of imidazole rings is 1. The summed E-state index contributed by atoms with van der Waals surface area (Å²) in [7, 11) is 0. The lowest BCUT2D eigenvalue weighted by atomic mass is 10.0. The van der Waals surface area contributed by atoms with Crippen LogP contribution in [0.15, 0.2) is 36.7 Å². The van der Waals surface area contributed by atoms with Gasteiger partial charge in [-0.1, -0.05) is 31.2 Å². The first kappa shape index (κ1) is 13.5. The monoisotopic (exact) mass is 257 g/mol. The molecular formula is C15H19N3O. The second-order valence-corrected chi connectivity index (χ2v) is 4.52. The highest BCUT2D eigenvalue weighted by atomic mass is 16.1. The van der Waals surface area contributed by atoms with Crippen molar-refractivity contribution in [1.29, 1.82) is 0 Å². The minimum absolute atomic E-state index is 0.0411. The predicted molar refractivity (Wildman–Crippen MR) is 74.9 cm³/mol. The SMILES string of the molecule is CCCn1ccnc1C(=O)Cc1ccccc1CN. The summed E-state index contributed by atoms with van der Waals surface area (Å²) in [6, 6.07) is 7.78. The van der Waals surface area contributed by atoms with Gasteiger partial charge < -0.3 is 10.3 Å². The summed E-state index contributed by atoms with van der Waals surface area (Å²) in [6.07, 6.45) is 4.87. The van der Waals surface area contributed by atoms with Crippen LogP contribution in [0.2, 0.25) is 0 Å². The number of carbonyl (C=O) groups excluding carboxylic acids is 1. The molecule has 0 unspecified atom stereocenters. The third-order valence-corrected chi connectivity index (χ3v) is 3.12. The van der Waals surface area contributed by atoms with Crippen LogP contribution in [0.25, 0.3) is 0 Å². The lowest BCUT2D eigenvalue weighted by molar-refractivity contribution is 0.0978. The van der Waals surface area contributed by atoms with Crippen LogP contribution < -0.4 is 5.73 Å². The third-order valence-electron chi connectivity index (χ3n) is 3.12. The van der Waals surface area contributed by atoms with E-state index in [1.807, 2.05) is 35.0 Å². The van der Waals surface area contributed by atoms with Gasteiger partial charge in [-0.3, -0.25) is 4.79 Å². The molecule has 0 fully saturated rings. The van der Waals surface area contributed by atoms with Gasteiger partial charge in [0.25, 0.3) is 0 Å². The number of hydrogen-bond acceptors (Lipinski definition) is 3.